The van der Waals surface area contributed by atoms with Gasteiger partial charge < -0.3 is 14.9 Å². The van der Waals surface area contributed by atoms with Crippen molar-refractivity contribution in [2.24, 2.45) is 0 Å². The summed E-state index contributed by atoms with van der Waals surface area (Å²) in [6, 6.07) is 26.5. The van der Waals surface area contributed by atoms with E-state index in [1.54, 1.807) is 48.5 Å². The zero-order valence-electron chi connectivity index (χ0n) is 25.6. The van der Waals surface area contributed by atoms with Gasteiger partial charge in [-0.05, 0) is 103 Å². The maximum atomic E-state index is 14.4. The Morgan fingerprint density at radius 3 is 2.21 bits per heavy atom. The number of benzene rings is 4. The Morgan fingerprint density at radius 2 is 1.55 bits per heavy atom. The number of carboxylic acid groups (broad SMARTS) is 2. The molecule has 11 heteroatoms. The Hall–Kier alpha value is -4.22. The van der Waals surface area contributed by atoms with Crippen LogP contribution in [0.4, 0.5) is 0 Å². The molecule has 2 atom stereocenters. The van der Waals surface area contributed by atoms with Gasteiger partial charge in [0.2, 0.25) is 10.0 Å². The first kappa shape index (κ1) is 32.7. The maximum absolute atomic E-state index is 14.4. The van der Waals surface area contributed by atoms with Gasteiger partial charge in [0.1, 0.15) is 17.9 Å². The highest BCUT2D eigenvalue weighted by Crippen LogP contribution is 2.58. The van der Waals surface area contributed by atoms with Gasteiger partial charge in [0.15, 0.2) is 0 Å². The largest absolute Gasteiger partial charge is 0.492 e. The zero-order chi connectivity index (χ0) is 33.2. The second-order valence-electron chi connectivity index (χ2n) is 12.0. The molecule has 4 aromatic rings. The number of halogens is 1. The number of carboxylic acids is 2. The lowest BCUT2D eigenvalue weighted by Gasteiger charge is -2.30. The van der Waals surface area contributed by atoms with Crippen LogP contribution in [0.15, 0.2) is 102 Å². The molecule has 47 heavy (non-hydrogen) atoms. The summed E-state index contributed by atoms with van der Waals surface area (Å²) in [7, 11) is -4.41. The Bertz CT molecular complexity index is 1880. The van der Waals surface area contributed by atoms with Gasteiger partial charge in [-0.2, -0.15) is 4.31 Å². The van der Waals surface area contributed by atoms with Crippen molar-refractivity contribution in [2.75, 3.05) is 26.2 Å². The van der Waals surface area contributed by atoms with Crippen LogP contribution in [0, 0.1) is 0 Å². The van der Waals surface area contributed by atoms with Crippen LogP contribution < -0.4 is 4.74 Å². The van der Waals surface area contributed by atoms with Crippen LogP contribution in [0.2, 0.25) is 5.02 Å². The van der Waals surface area contributed by atoms with E-state index in [-0.39, 0.29) is 23.4 Å². The molecular weight excluding hydrogens is 640 g/mol. The van der Waals surface area contributed by atoms with Gasteiger partial charge in [-0.15, -0.1) is 0 Å². The van der Waals surface area contributed by atoms with Crippen molar-refractivity contribution in [3.05, 3.63) is 119 Å². The molecule has 1 saturated carbocycles. The lowest BCUT2D eigenvalue weighted by Crippen LogP contribution is -2.48. The minimum Gasteiger partial charge on any atom is -0.492 e. The van der Waals surface area contributed by atoms with E-state index in [1.165, 1.54) is 43.2 Å². The van der Waals surface area contributed by atoms with Crippen molar-refractivity contribution in [1.82, 2.24) is 9.21 Å². The average molecular weight is 675 g/mol. The monoisotopic (exact) mass is 674 g/mol. The molecule has 9 nitrogen and oxygen atoms in total. The lowest BCUT2D eigenvalue weighted by atomic mass is 10.0. The standard InChI is InChI=1S/C36H35ClN2O7S/c37-30-13-9-26(10-14-30)27-11-15-32(16-12-27)47(44,45)39(24-25-5-3-7-29(21-25)34(40)41)36(35(42)43)23-33(36)28-6-4-8-31(22-28)46-20-19-38-17-1-2-18-38/h3-16,21-22,33H,1-2,17-20,23-24H2,(H,40,41)(H,42,43)/t33-,36+/m0/s1. The van der Waals surface area contributed by atoms with Crippen molar-refractivity contribution < 1.29 is 33.0 Å². The van der Waals surface area contributed by atoms with Crippen LogP contribution in [-0.4, -0.2) is 71.6 Å². The average Bonchev–Trinajstić information content (AvgIpc) is 3.62. The predicted octanol–water partition coefficient (Wildman–Crippen LogP) is 6.38. The number of aromatic carboxylic acids is 1. The summed E-state index contributed by atoms with van der Waals surface area (Å²) in [5.74, 6) is -2.52. The molecule has 1 saturated heterocycles. The summed E-state index contributed by atoms with van der Waals surface area (Å²) in [4.78, 5) is 27.2. The van der Waals surface area contributed by atoms with Gasteiger partial charge in [0, 0.05) is 24.0 Å². The van der Waals surface area contributed by atoms with E-state index in [9.17, 15) is 28.2 Å². The minimum atomic E-state index is -4.41. The molecule has 1 heterocycles. The molecule has 2 N–H and O–H groups in total. The highest BCUT2D eigenvalue weighted by Gasteiger charge is 2.68. The van der Waals surface area contributed by atoms with Crippen molar-refractivity contribution in [3.8, 4) is 16.9 Å². The highest BCUT2D eigenvalue weighted by atomic mass is 35.5. The molecule has 1 aliphatic carbocycles. The second kappa shape index (κ2) is 13.5. The fourth-order valence-electron chi connectivity index (χ4n) is 6.38. The first-order valence-corrected chi connectivity index (χ1v) is 17.3. The van der Waals surface area contributed by atoms with E-state index in [1.807, 2.05) is 18.2 Å². The van der Waals surface area contributed by atoms with Crippen LogP contribution >= 0.6 is 11.6 Å². The third-order valence-corrected chi connectivity index (χ3v) is 11.2. The number of rotatable bonds is 13. The number of ether oxygens (including phenoxy) is 1. The van der Waals surface area contributed by atoms with E-state index in [0.717, 1.165) is 35.1 Å². The van der Waals surface area contributed by atoms with E-state index in [0.29, 0.717) is 28.5 Å². The van der Waals surface area contributed by atoms with Crippen LogP contribution in [0.5, 0.6) is 5.75 Å². The number of aliphatic carboxylic acids is 1. The van der Waals surface area contributed by atoms with Gasteiger partial charge in [-0.1, -0.05) is 60.1 Å². The molecule has 0 radical (unpaired) electrons. The van der Waals surface area contributed by atoms with E-state index in [4.69, 9.17) is 16.3 Å². The molecule has 2 fully saturated rings. The molecule has 0 spiro atoms. The van der Waals surface area contributed by atoms with E-state index in [2.05, 4.69) is 4.90 Å². The summed E-state index contributed by atoms with van der Waals surface area (Å²) in [6.45, 7) is 3.05. The highest BCUT2D eigenvalue weighted by molar-refractivity contribution is 7.89. The zero-order valence-corrected chi connectivity index (χ0v) is 27.2. The first-order valence-electron chi connectivity index (χ1n) is 15.5. The maximum Gasteiger partial charge on any atom is 0.335 e. The lowest BCUT2D eigenvalue weighted by molar-refractivity contribution is -0.143. The SMILES string of the molecule is O=C(O)c1cccc(CN([C@]2(C(=O)O)C[C@H]2c2cccc(OCCN3CCCC3)c2)S(=O)(=O)c2ccc(-c3ccc(Cl)cc3)cc2)c1. The summed E-state index contributed by atoms with van der Waals surface area (Å²) in [5.41, 5.74) is 0.789. The smallest absolute Gasteiger partial charge is 0.335 e. The second-order valence-corrected chi connectivity index (χ2v) is 14.3. The Balaban J connectivity index is 1.33. The number of likely N-dealkylation sites (tertiary alicyclic amines) is 1. The fraction of sp³-hybridized carbons (Fsp3) is 0.278. The topological polar surface area (TPSA) is 124 Å². The summed E-state index contributed by atoms with van der Waals surface area (Å²) >= 11 is 6.02. The third kappa shape index (κ3) is 6.92. The molecule has 0 amide bonds. The van der Waals surface area contributed by atoms with Gasteiger partial charge in [0.05, 0.1) is 10.5 Å². The normalized spacial score (nSPS) is 19.5. The Labute approximate surface area is 279 Å². The quantitative estimate of drug-likeness (QED) is 0.167. The number of carbonyl (C=O) groups is 2. The predicted molar refractivity (Wildman–Crippen MR) is 178 cm³/mol. The van der Waals surface area contributed by atoms with Crippen molar-refractivity contribution in [3.63, 3.8) is 0 Å². The van der Waals surface area contributed by atoms with Gasteiger partial charge >= 0.3 is 11.9 Å². The molecular formula is C36H35ClN2O7S. The van der Waals surface area contributed by atoms with Crippen LogP contribution in [0.1, 0.15) is 46.7 Å². The van der Waals surface area contributed by atoms with Crippen molar-refractivity contribution >= 4 is 33.6 Å². The minimum absolute atomic E-state index is 0.0253. The molecule has 0 unspecified atom stereocenters. The van der Waals surface area contributed by atoms with Crippen molar-refractivity contribution in [2.45, 2.75) is 42.2 Å². The molecule has 2 aliphatic rings. The number of hydrogen-bond donors (Lipinski definition) is 2. The molecule has 1 aliphatic heterocycles. The first-order chi connectivity index (χ1) is 22.6. The van der Waals surface area contributed by atoms with E-state index >= 15 is 0 Å². The molecule has 244 valence electrons. The summed E-state index contributed by atoms with van der Waals surface area (Å²) < 4.78 is 35.9. The number of nitrogens with zero attached hydrogens (tertiary/aromatic N) is 2. The van der Waals surface area contributed by atoms with Crippen LogP contribution in [0.25, 0.3) is 11.1 Å². The Kier molecular flexibility index (Phi) is 9.39. The molecule has 6 rings (SSSR count). The third-order valence-electron chi connectivity index (χ3n) is 9.00. The van der Waals surface area contributed by atoms with Gasteiger partial charge in [0.25, 0.3) is 0 Å². The fourth-order valence-corrected chi connectivity index (χ4v) is 8.27. The van der Waals surface area contributed by atoms with Crippen molar-refractivity contribution in [1.29, 1.82) is 0 Å². The molecule has 0 aromatic heterocycles. The van der Waals surface area contributed by atoms with Gasteiger partial charge in [-0.3, -0.25) is 9.69 Å². The Morgan fingerprint density at radius 1 is 0.894 bits per heavy atom. The summed E-state index contributed by atoms with van der Waals surface area (Å²) in [6.07, 6.45) is 2.40. The number of hydrogen-bond acceptors (Lipinski definition) is 6. The van der Waals surface area contributed by atoms with Crippen LogP contribution in [0.3, 0.4) is 0 Å². The van der Waals surface area contributed by atoms with Gasteiger partial charge in [-0.25, -0.2) is 13.2 Å². The van der Waals surface area contributed by atoms with E-state index < -0.39 is 33.4 Å². The number of sulfonamides is 1. The van der Waals surface area contributed by atoms with Crippen LogP contribution in [-0.2, 0) is 21.4 Å². The molecule has 4 aromatic carbocycles. The summed E-state index contributed by atoms with van der Waals surface area (Å²) in [5, 5.41) is 20.9. The molecule has 0 bridgehead atoms.